The highest BCUT2D eigenvalue weighted by Crippen LogP contribution is 2.52. The topological polar surface area (TPSA) is 92.7 Å². The number of fused-ring (bicyclic) bond motifs is 1. The first kappa shape index (κ1) is 30.0. The van der Waals surface area contributed by atoms with Gasteiger partial charge in [-0.3, -0.25) is 4.79 Å². The van der Waals surface area contributed by atoms with E-state index < -0.39 is 5.97 Å². The first-order chi connectivity index (χ1) is 15.6. The molecule has 1 fully saturated rings. The summed E-state index contributed by atoms with van der Waals surface area (Å²) in [5.41, 5.74) is 0. The van der Waals surface area contributed by atoms with E-state index in [0.717, 1.165) is 70.6 Å². The molecular weight excluding hydrogens is 406 g/mol. The van der Waals surface area contributed by atoms with Gasteiger partial charge in [0, 0.05) is 27.2 Å². The lowest BCUT2D eigenvalue weighted by Gasteiger charge is -2.15. The molecule has 32 heavy (non-hydrogen) atoms. The van der Waals surface area contributed by atoms with Crippen LogP contribution in [-0.2, 0) is 14.3 Å². The number of alkyl carbamates (subject to hydrolysis) is 1. The molecule has 0 aromatic carbocycles. The molecular formula is C26H47NO5. The lowest BCUT2D eigenvalue weighted by molar-refractivity contribution is -0.137. The van der Waals surface area contributed by atoms with Gasteiger partial charge in [0.1, 0.15) is 6.79 Å². The van der Waals surface area contributed by atoms with Crippen molar-refractivity contribution in [2.24, 2.45) is 23.7 Å². The number of ether oxygens (including phenoxy) is 1. The predicted octanol–water partition coefficient (Wildman–Crippen LogP) is 6.08. The normalized spacial score (nSPS) is 21.3. The SMILES string of the molecule is C=O.CC.CCCCC(CCCCNC(=O)OCC1[C@H]2CCC#CCC[C@@H]12)CCC(=O)O.[HH]. The number of carboxylic acid groups (broad SMARTS) is 1. The summed E-state index contributed by atoms with van der Waals surface area (Å²) in [7, 11) is 0. The van der Waals surface area contributed by atoms with Crippen LogP contribution in [0.4, 0.5) is 4.79 Å². The molecule has 1 amide bonds. The van der Waals surface area contributed by atoms with Crippen molar-refractivity contribution in [3.63, 3.8) is 0 Å². The maximum absolute atomic E-state index is 11.9. The minimum absolute atomic E-state index is 0. The minimum atomic E-state index is -0.708. The molecule has 0 radical (unpaired) electrons. The Kier molecular flexibility index (Phi) is 18.4. The van der Waals surface area contributed by atoms with Gasteiger partial charge >= 0.3 is 12.1 Å². The van der Waals surface area contributed by atoms with Gasteiger partial charge in [-0.15, -0.1) is 11.8 Å². The lowest BCUT2D eigenvalue weighted by atomic mass is 9.91. The first-order valence-corrected chi connectivity index (χ1v) is 12.5. The molecule has 0 saturated heterocycles. The van der Waals surface area contributed by atoms with Crippen LogP contribution in [-0.4, -0.2) is 37.1 Å². The number of hydrogen-bond donors (Lipinski definition) is 2. The second-order valence-electron chi connectivity index (χ2n) is 8.38. The van der Waals surface area contributed by atoms with Crippen LogP contribution in [0.1, 0.15) is 99.2 Å². The van der Waals surface area contributed by atoms with Gasteiger partial charge in [0.25, 0.3) is 0 Å². The third-order valence-corrected chi connectivity index (χ3v) is 6.29. The summed E-state index contributed by atoms with van der Waals surface area (Å²) in [5.74, 6) is 8.11. The molecule has 6 heteroatoms. The Morgan fingerprint density at radius 3 is 2.22 bits per heavy atom. The summed E-state index contributed by atoms with van der Waals surface area (Å²) in [5, 5.41) is 11.7. The van der Waals surface area contributed by atoms with Crippen molar-refractivity contribution in [3.8, 4) is 11.8 Å². The van der Waals surface area contributed by atoms with Gasteiger partial charge in [0.05, 0.1) is 6.61 Å². The Hall–Kier alpha value is -2.03. The Bertz CT molecular complexity index is 557. The molecule has 1 saturated carbocycles. The van der Waals surface area contributed by atoms with E-state index in [0.29, 0.717) is 36.8 Å². The molecule has 0 bridgehead atoms. The monoisotopic (exact) mass is 453 g/mol. The summed E-state index contributed by atoms with van der Waals surface area (Å²) in [4.78, 5) is 30.7. The summed E-state index contributed by atoms with van der Waals surface area (Å²) in [6.45, 7) is 9.33. The smallest absolute Gasteiger partial charge is 0.407 e. The maximum Gasteiger partial charge on any atom is 0.407 e. The maximum atomic E-state index is 11.9. The number of carbonyl (C=O) groups excluding carboxylic acids is 2. The average Bonchev–Trinajstić information content (AvgIpc) is 3.44. The van der Waals surface area contributed by atoms with Crippen LogP contribution in [0.15, 0.2) is 0 Å². The van der Waals surface area contributed by atoms with E-state index in [1.54, 1.807) is 0 Å². The van der Waals surface area contributed by atoms with Crippen LogP contribution >= 0.6 is 0 Å². The highest BCUT2D eigenvalue weighted by atomic mass is 16.5. The van der Waals surface area contributed by atoms with E-state index in [1.165, 1.54) is 0 Å². The number of aliphatic carboxylic acids is 1. The molecule has 6 nitrogen and oxygen atoms in total. The third kappa shape index (κ3) is 13.4. The van der Waals surface area contributed by atoms with Crippen LogP contribution in [0.25, 0.3) is 0 Å². The van der Waals surface area contributed by atoms with E-state index in [-0.39, 0.29) is 13.9 Å². The first-order valence-electron chi connectivity index (χ1n) is 12.5. The summed E-state index contributed by atoms with van der Waals surface area (Å²) in [6.07, 6.45) is 11.4. The summed E-state index contributed by atoms with van der Waals surface area (Å²) >= 11 is 0. The zero-order valence-corrected chi connectivity index (χ0v) is 20.5. The number of rotatable bonds is 13. The van der Waals surface area contributed by atoms with Crippen molar-refractivity contribution >= 4 is 18.9 Å². The Balaban J connectivity index is 0. The molecule has 0 heterocycles. The standard InChI is InChI=1S/C23H37NO4.C2H6.CH2O.H2/c1-2-3-10-18(14-15-22(25)26)11-8-9-16-24-23(27)28-17-21-19-12-6-4-5-7-13-20(19)21;2*1-2;/h18-21H,2-3,6-17H2,1H3,(H,24,27)(H,25,26);1-2H3;1H2;1H/t18?,19-,20+,21?;;;. The van der Waals surface area contributed by atoms with Gasteiger partial charge in [0.2, 0.25) is 0 Å². The predicted molar refractivity (Wildman–Crippen MR) is 130 cm³/mol. The molecule has 2 aliphatic rings. The fourth-order valence-corrected chi connectivity index (χ4v) is 4.51. The second kappa shape index (κ2) is 19.6. The summed E-state index contributed by atoms with van der Waals surface area (Å²) < 4.78 is 5.43. The van der Waals surface area contributed by atoms with E-state index in [9.17, 15) is 9.59 Å². The molecule has 0 aromatic heterocycles. The van der Waals surface area contributed by atoms with Crippen molar-refractivity contribution < 1.29 is 25.7 Å². The molecule has 2 aliphatic carbocycles. The number of amides is 1. The van der Waals surface area contributed by atoms with Gasteiger partial charge in [-0.1, -0.05) is 52.9 Å². The van der Waals surface area contributed by atoms with Crippen molar-refractivity contribution in [2.75, 3.05) is 13.2 Å². The van der Waals surface area contributed by atoms with Crippen LogP contribution in [0.3, 0.4) is 0 Å². The van der Waals surface area contributed by atoms with Gasteiger partial charge in [-0.05, 0) is 49.4 Å². The molecule has 0 aromatic rings. The number of carboxylic acids is 1. The van der Waals surface area contributed by atoms with E-state index in [1.807, 2.05) is 20.6 Å². The second-order valence-corrected chi connectivity index (χ2v) is 8.38. The van der Waals surface area contributed by atoms with E-state index in [4.69, 9.17) is 14.6 Å². The van der Waals surface area contributed by atoms with Gasteiger partial charge in [-0.25, -0.2) is 4.79 Å². The summed E-state index contributed by atoms with van der Waals surface area (Å²) in [6, 6.07) is 0. The number of unbranched alkanes of at least 4 members (excludes halogenated alkanes) is 2. The molecule has 4 atom stereocenters. The van der Waals surface area contributed by atoms with E-state index in [2.05, 4.69) is 24.1 Å². The number of carbonyl (C=O) groups is 3. The van der Waals surface area contributed by atoms with Crippen molar-refractivity contribution in [2.45, 2.75) is 97.8 Å². The Morgan fingerprint density at radius 1 is 1.06 bits per heavy atom. The van der Waals surface area contributed by atoms with Crippen molar-refractivity contribution in [1.82, 2.24) is 5.32 Å². The molecule has 2 unspecified atom stereocenters. The lowest BCUT2D eigenvalue weighted by Crippen LogP contribution is -2.26. The van der Waals surface area contributed by atoms with Crippen molar-refractivity contribution in [1.29, 1.82) is 0 Å². The number of hydrogen-bond acceptors (Lipinski definition) is 4. The quantitative estimate of drug-likeness (QED) is 0.260. The molecule has 186 valence electrons. The zero-order valence-electron chi connectivity index (χ0n) is 20.5. The fourth-order valence-electron chi connectivity index (χ4n) is 4.51. The van der Waals surface area contributed by atoms with Crippen LogP contribution < -0.4 is 5.32 Å². The van der Waals surface area contributed by atoms with Gasteiger partial charge in [-0.2, -0.15) is 0 Å². The Labute approximate surface area is 196 Å². The zero-order chi connectivity index (χ0) is 24.2. The van der Waals surface area contributed by atoms with Crippen molar-refractivity contribution in [3.05, 3.63) is 0 Å². The largest absolute Gasteiger partial charge is 0.481 e. The van der Waals surface area contributed by atoms with Gasteiger partial charge in [0.15, 0.2) is 0 Å². The van der Waals surface area contributed by atoms with Crippen LogP contribution in [0, 0.1) is 35.5 Å². The Morgan fingerprint density at radius 2 is 1.66 bits per heavy atom. The van der Waals surface area contributed by atoms with E-state index >= 15 is 0 Å². The number of nitrogens with one attached hydrogen (secondary N) is 1. The van der Waals surface area contributed by atoms with Gasteiger partial charge < -0.3 is 20.0 Å². The molecule has 0 spiro atoms. The molecule has 2 N–H and O–H groups in total. The molecule has 2 rings (SSSR count). The highest BCUT2D eigenvalue weighted by Gasteiger charge is 2.49. The average molecular weight is 454 g/mol. The third-order valence-electron chi connectivity index (χ3n) is 6.29. The fraction of sp³-hybridized carbons (Fsp3) is 0.808. The highest BCUT2D eigenvalue weighted by molar-refractivity contribution is 5.67. The minimum Gasteiger partial charge on any atom is -0.481 e. The molecule has 0 aliphatic heterocycles. The van der Waals surface area contributed by atoms with Crippen LogP contribution in [0.2, 0.25) is 0 Å². The van der Waals surface area contributed by atoms with Crippen LogP contribution in [0.5, 0.6) is 0 Å².